The molecule has 5 nitrogen and oxygen atoms in total. The molecule has 0 saturated carbocycles. The maximum Gasteiger partial charge on any atom is 0.243 e. The van der Waals surface area contributed by atoms with Gasteiger partial charge in [-0.15, -0.1) is 0 Å². The van der Waals surface area contributed by atoms with Gasteiger partial charge in [-0.1, -0.05) is 147 Å². The summed E-state index contributed by atoms with van der Waals surface area (Å²) in [5.41, 5.74) is 6.29. The molecule has 8 aromatic carbocycles. The molecule has 9 rings (SSSR count). The first-order valence-corrected chi connectivity index (χ1v) is 22.3. The van der Waals surface area contributed by atoms with Crippen molar-refractivity contribution >= 4 is 78.0 Å². The monoisotopic (exact) mass is 807 g/mol. The van der Waals surface area contributed by atoms with E-state index in [1.165, 1.54) is 89.1 Å². The maximum absolute atomic E-state index is 14.2. The van der Waals surface area contributed by atoms with Crippen LogP contribution < -0.4 is 10.2 Å². The van der Waals surface area contributed by atoms with Crippen LogP contribution in [0.15, 0.2) is 143 Å². The molecule has 1 N–H and O–H groups in total. The number of carbonyl (C=O) groups is 2. The quantitative estimate of drug-likeness (QED) is 0.0759. The van der Waals surface area contributed by atoms with Crippen molar-refractivity contribution in [2.45, 2.75) is 94.6 Å². The zero-order valence-corrected chi connectivity index (χ0v) is 36.2. The molecule has 60 heavy (non-hydrogen) atoms. The van der Waals surface area contributed by atoms with E-state index in [2.05, 4.69) is 151 Å². The SMILES string of the molecule is CCCCCCN1c2ccccc2Sc2cc(CN(C(C)=O)C(Cc3ccc(-c4ccc5c6cccc7cccc(c8cccc4c85)c76)cc3)C(=O)NC(C)(C)C)ccc21. The van der Waals surface area contributed by atoms with Crippen LogP contribution in [-0.2, 0) is 22.6 Å². The normalized spacial score (nSPS) is 13.2. The van der Waals surface area contributed by atoms with Crippen LogP contribution in [0.3, 0.4) is 0 Å². The van der Waals surface area contributed by atoms with E-state index < -0.39 is 11.6 Å². The molecule has 0 aromatic heterocycles. The lowest BCUT2D eigenvalue weighted by Gasteiger charge is -2.35. The van der Waals surface area contributed by atoms with Gasteiger partial charge in [-0.25, -0.2) is 0 Å². The Morgan fingerprint density at radius 2 is 1.32 bits per heavy atom. The van der Waals surface area contributed by atoms with Crippen LogP contribution in [0.4, 0.5) is 11.4 Å². The zero-order valence-electron chi connectivity index (χ0n) is 35.3. The standard InChI is InChI=1S/C54H53N3O2S/c1-6-7-8-11-31-56-46-21-9-10-22-49(46)60-50-33-37(25-30-47(50)56)34-57(35(2)58)48(53(59)55-54(3,4)5)32-36-23-26-38(27-24-36)40-28-29-45-43-18-13-16-39-15-12-17-42(51(39)43)44-20-14-19-41(40)52(44)45/h9-10,12-30,33,48H,6-8,11,31-32,34H2,1-5H3,(H,55,59). The van der Waals surface area contributed by atoms with Crippen molar-refractivity contribution in [1.29, 1.82) is 0 Å². The third-order valence-electron chi connectivity index (χ3n) is 12.1. The smallest absolute Gasteiger partial charge is 0.243 e. The fourth-order valence-electron chi connectivity index (χ4n) is 9.29. The van der Waals surface area contributed by atoms with E-state index in [9.17, 15) is 9.59 Å². The van der Waals surface area contributed by atoms with Crippen LogP contribution in [0.1, 0.15) is 71.4 Å². The third kappa shape index (κ3) is 7.58. The Labute approximate surface area is 358 Å². The average molecular weight is 808 g/mol. The Kier molecular flexibility index (Phi) is 10.8. The summed E-state index contributed by atoms with van der Waals surface area (Å²) in [5.74, 6) is -0.282. The largest absolute Gasteiger partial charge is 0.350 e. The van der Waals surface area contributed by atoms with Crippen molar-refractivity contribution in [1.82, 2.24) is 10.2 Å². The van der Waals surface area contributed by atoms with Gasteiger partial charge >= 0.3 is 0 Å². The number of unbranched alkanes of at least 4 members (excludes halogenated alkanes) is 3. The molecular formula is C54H53N3O2S. The number of nitrogens with one attached hydrogen (secondary N) is 1. The molecular weight excluding hydrogens is 755 g/mol. The highest BCUT2D eigenvalue weighted by atomic mass is 32.2. The number of hydrogen-bond donors (Lipinski definition) is 1. The van der Waals surface area contributed by atoms with Crippen LogP contribution in [0.2, 0.25) is 0 Å². The minimum Gasteiger partial charge on any atom is -0.350 e. The lowest BCUT2D eigenvalue weighted by Crippen LogP contribution is -2.54. The van der Waals surface area contributed by atoms with Crippen molar-refractivity contribution in [3.05, 3.63) is 145 Å². The minimum atomic E-state index is -0.699. The molecule has 0 aliphatic carbocycles. The number of para-hydroxylation sites is 1. The number of anilines is 2. The van der Waals surface area contributed by atoms with E-state index >= 15 is 0 Å². The first-order chi connectivity index (χ1) is 29.1. The highest BCUT2D eigenvalue weighted by molar-refractivity contribution is 7.99. The van der Waals surface area contributed by atoms with E-state index in [0.29, 0.717) is 13.0 Å². The first kappa shape index (κ1) is 39.6. The lowest BCUT2D eigenvalue weighted by atomic mass is 9.87. The highest BCUT2D eigenvalue weighted by Gasteiger charge is 2.32. The van der Waals surface area contributed by atoms with Gasteiger partial charge in [0, 0.05) is 41.8 Å². The fourth-order valence-corrected chi connectivity index (χ4v) is 10.4. The molecule has 1 aliphatic heterocycles. The van der Waals surface area contributed by atoms with Crippen LogP contribution in [0.5, 0.6) is 0 Å². The Morgan fingerprint density at radius 3 is 2.03 bits per heavy atom. The summed E-state index contributed by atoms with van der Waals surface area (Å²) in [6, 6.07) is 47.5. The molecule has 302 valence electrons. The molecule has 8 aromatic rings. The van der Waals surface area contributed by atoms with Crippen LogP contribution in [0.25, 0.3) is 54.2 Å². The van der Waals surface area contributed by atoms with E-state index in [1.807, 2.05) is 20.8 Å². The van der Waals surface area contributed by atoms with Gasteiger partial charge in [0.05, 0.1) is 11.4 Å². The fraction of sp³-hybridized carbons (Fsp3) is 0.259. The summed E-state index contributed by atoms with van der Waals surface area (Å²) in [6.07, 6.45) is 5.18. The second kappa shape index (κ2) is 16.3. The van der Waals surface area contributed by atoms with E-state index in [4.69, 9.17) is 0 Å². The second-order valence-electron chi connectivity index (χ2n) is 17.5. The third-order valence-corrected chi connectivity index (χ3v) is 13.2. The summed E-state index contributed by atoms with van der Waals surface area (Å²) in [5, 5.41) is 13.4. The lowest BCUT2D eigenvalue weighted by molar-refractivity contribution is -0.140. The van der Waals surface area contributed by atoms with E-state index in [1.54, 1.807) is 23.6 Å². The van der Waals surface area contributed by atoms with Crippen LogP contribution in [-0.4, -0.2) is 34.8 Å². The van der Waals surface area contributed by atoms with Gasteiger partial charge in [0.25, 0.3) is 0 Å². The second-order valence-corrected chi connectivity index (χ2v) is 18.6. The molecule has 0 spiro atoms. The summed E-state index contributed by atoms with van der Waals surface area (Å²) >= 11 is 1.78. The molecule has 1 atom stereocenters. The van der Waals surface area contributed by atoms with Gasteiger partial charge in [0.15, 0.2) is 0 Å². The summed E-state index contributed by atoms with van der Waals surface area (Å²) in [4.78, 5) is 34.5. The molecule has 0 radical (unpaired) electrons. The average Bonchev–Trinajstić information content (AvgIpc) is 3.24. The molecule has 1 aliphatic rings. The summed E-state index contributed by atoms with van der Waals surface area (Å²) in [7, 11) is 0. The van der Waals surface area contributed by atoms with Crippen molar-refractivity contribution in [2.24, 2.45) is 0 Å². The van der Waals surface area contributed by atoms with Crippen molar-refractivity contribution in [2.75, 3.05) is 11.4 Å². The Morgan fingerprint density at radius 1 is 0.667 bits per heavy atom. The number of carbonyl (C=O) groups excluding carboxylic acids is 2. The van der Waals surface area contributed by atoms with Crippen LogP contribution in [0, 0.1) is 0 Å². The van der Waals surface area contributed by atoms with Gasteiger partial charge in [-0.05, 0) is 117 Å². The molecule has 1 heterocycles. The minimum absolute atomic E-state index is 0.130. The van der Waals surface area contributed by atoms with Gasteiger partial charge in [0.1, 0.15) is 6.04 Å². The van der Waals surface area contributed by atoms with Gasteiger partial charge in [-0.2, -0.15) is 0 Å². The van der Waals surface area contributed by atoms with Crippen molar-refractivity contribution in [3.8, 4) is 11.1 Å². The van der Waals surface area contributed by atoms with Crippen LogP contribution >= 0.6 is 11.8 Å². The molecule has 0 saturated heterocycles. The van der Waals surface area contributed by atoms with E-state index in [0.717, 1.165) is 29.7 Å². The van der Waals surface area contributed by atoms with Crippen molar-refractivity contribution in [3.63, 3.8) is 0 Å². The Hall–Kier alpha value is -5.85. The Bertz CT molecular complexity index is 2830. The van der Waals surface area contributed by atoms with Gasteiger partial charge < -0.3 is 15.1 Å². The van der Waals surface area contributed by atoms with Crippen molar-refractivity contribution < 1.29 is 9.59 Å². The number of rotatable bonds is 12. The van der Waals surface area contributed by atoms with Gasteiger partial charge in [-0.3, -0.25) is 9.59 Å². The number of benzene rings is 8. The Balaban J connectivity index is 1.02. The molecule has 0 fully saturated rings. The highest BCUT2D eigenvalue weighted by Crippen LogP contribution is 2.49. The molecule has 1 unspecified atom stereocenters. The predicted molar refractivity (Wildman–Crippen MR) is 253 cm³/mol. The molecule has 0 bridgehead atoms. The predicted octanol–water partition coefficient (Wildman–Crippen LogP) is 13.5. The topological polar surface area (TPSA) is 52.7 Å². The van der Waals surface area contributed by atoms with E-state index in [-0.39, 0.29) is 11.8 Å². The molecule has 2 amide bonds. The summed E-state index contributed by atoms with van der Waals surface area (Å²) < 4.78 is 0. The number of nitrogens with zero attached hydrogens (tertiary/aromatic N) is 2. The number of hydrogen-bond acceptors (Lipinski definition) is 4. The van der Waals surface area contributed by atoms with Gasteiger partial charge in [0.2, 0.25) is 11.8 Å². The number of fused-ring (bicyclic) bond motifs is 4. The number of amides is 2. The zero-order chi connectivity index (χ0) is 41.5. The molecule has 6 heteroatoms. The first-order valence-electron chi connectivity index (χ1n) is 21.5. The maximum atomic E-state index is 14.2. The summed E-state index contributed by atoms with van der Waals surface area (Å²) in [6.45, 7) is 11.1.